The molecule has 17 heavy (non-hydrogen) atoms. The first kappa shape index (κ1) is 11.9. The third kappa shape index (κ3) is 2.59. The van der Waals surface area contributed by atoms with E-state index >= 15 is 0 Å². The van der Waals surface area contributed by atoms with Gasteiger partial charge in [-0.2, -0.15) is 0 Å². The van der Waals surface area contributed by atoms with E-state index in [1.54, 1.807) is 0 Å². The van der Waals surface area contributed by atoms with Crippen LogP contribution in [0, 0.1) is 0 Å². The van der Waals surface area contributed by atoms with Gasteiger partial charge in [0.15, 0.2) is 0 Å². The minimum absolute atomic E-state index is 0.870. The van der Waals surface area contributed by atoms with Crippen LogP contribution in [0.4, 0.5) is 0 Å². The van der Waals surface area contributed by atoms with E-state index < -0.39 is 0 Å². The van der Waals surface area contributed by atoms with Gasteiger partial charge >= 0.3 is 0 Å². The van der Waals surface area contributed by atoms with E-state index in [9.17, 15) is 0 Å². The summed E-state index contributed by atoms with van der Waals surface area (Å²) < 4.78 is 2.23. The molecule has 1 N–H and O–H groups in total. The molecule has 0 saturated carbocycles. The van der Waals surface area contributed by atoms with Gasteiger partial charge in [0.25, 0.3) is 0 Å². The van der Waals surface area contributed by atoms with E-state index in [0.29, 0.717) is 0 Å². The van der Waals surface area contributed by atoms with Crippen molar-refractivity contribution in [1.29, 1.82) is 0 Å². The summed E-state index contributed by atoms with van der Waals surface area (Å²) in [5.41, 5.74) is 2.67. The summed E-state index contributed by atoms with van der Waals surface area (Å²) in [4.78, 5) is 0. The van der Waals surface area contributed by atoms with Crippen LogP contribution >= 0.6 is 0 Å². The summed E-state index contributed by atoms with van der Waals surface area (Å²) in [5, 5.41) is 4.80. The standard InChI is InChI=1S/C15H20N2/c1-3-9-16-12-13-6-5-7-15-14(13)8-11-17(15)10-4-2/h4-8,11,16H,2-3,9-10,12H2,1H3. The normalized spacial score (nSPS) is 10.9. The average Bonchev–Trinajstić information content (AvgIpc) is 2.75. The second-order valence-corrected chi connectivity index (χ2v) is 4.28. The van der Waals surface area contributed by atoms with E-state index in [1.165, 1.54) is 22.9 Å². The maximum Gasteiger partial charge on any atom is 0.0486 e. The minimum atomic E-state index is 0.870. The maximum absolute atomic E-state index is 3.79. The van der Waals surface area contributed by atoms with Gasteiger partial charge in [-0.3, -0.25) is 0 Å². The molecule has 2 nitrogen and oxygen atoms in total. The lowest BCUT2D eigenvalue weighted by atomic mass is 10.1. The Bertz CT molecular complexity index is 497. The van der Waals surface area contributed by atoms with E-state index in [-0.39, 0.29) is 0 Å². The number of rotatable bonds is 6. The van der Waals surface area contributed by atoms with Crippen LogP contribution in [0.2, 0.25) is 0 Å². The minimum Gasteiger partial charge on any atom is -0.344 e. The van der Waals surface area contributed by atoms with Gasteiger partial charge in [0.05, 0.1) is 0 Å². The first-order chi connectivity index (χ1) is 8.36. The highest BCUT2D eigenvalue weighted by Gasteiger charge is 2.03. The molecule has 0 atom stereocenters. The topological polar surface area (TPSA) is 17.0 Å². The SMILES string of the molecule is C=CCn1ccc2c(CNCCC)cccc21. The Morgan fingerprint density at radius 3 is 3.00 bits per heavy atom. The molecule has 0 spiro atoms. The molecule has 1 aromatic heterocycles. The van der Waals surface area contributed by atoms with Gasteiger partial charge in [0.1, 0.15) is 0 Å². The van der Waals surface area contributed by atoms with Crippen LogP contribution < -0.4 is 5.32 Å². The zero-order valence-corrected chi connectivity index (χ0v) is 10.4. The van der Waals surface area contributed by atoms with Gasteiger partial charge in [0, 0.05) is 30.2 Å². The van der Waals surface area contributed by atoms with E-state index in [1.807, 2.05) is 6.08 Å². The number of hydrogen-bond acceptors (Lipinski definition) is 1. The Balaban J connectivity index is 2.27. The fourth-order valence-corrected chi connectivity index (χ4v) is 2.14. The van der Waals surface area contributed by atoms with Crippen LogP contribution in [0.15, 0.2) is 43.1 Å². The Kier molecular flexibility index (Phi) is 3.99. The van der Waals surface area contributed by atoms with Gasteiger partial charge in [-0.25, -0.2) is 0 Å². The number of benzene rings is 1. The predicted molar refractivity (Wildman–Crippen MR) is 74.1 cm³/mol. The molecule has 2 heteroatoms. The molecule has 0 radical (unpaired) electrons. The number of aromatic nitrogens is 1. The van der Waals surface area contributed by atoms with Crippen molar-refractivity contribution in [3.63, 3.8) is 0 Å². The Labute approximate surface area is 103 Å². The monoisotopic (exact) mass is 228 g/mol. The molecule has 2 rings (SSSR count). The second-order valence-electron chi connectivity index (χ2n) is 4.28. The van der Waals surface area contributed by atoms with Crippen LogP contribution in [0.1, 0.15) is 18.9 Å². The van der Waals surface area contributed by atoms with Crippen molar-refractivity contribution in [3.8, 4) is 0 Å². The summed E-state index contributed by atoms with van der Waals surface area (Å²) in [5.74, 6) is 0. The lowest BCUT2D eigenvalue weighted by Crippen LogP contribution is -2.13. The van der Waals surface area contributed by atoms with Crippen molar-refractivity contribution in [2.24, 2.45) is 0 Å². The largest absolute Gasteiger partial charge is 0.344 e. The fraction of sp³-hybridized carbons (Fsp3) is 0.333. The predicted octanol–water partition coefficient (Wildman–Crippen LogP) is 3.33. The van der Waals surface area contributed by atoms with Crippen molar-refractivity contribution in [2.75, 3.05) is 6.54 Å². The van der Waals surface area contributed by atoms with Crippen LogP contribution in [0.5, 0.6) is 0 Å². The zero-order chi connectivity index (χ0) is 12.1. The summed E-state index contributed by atoms with van der Waals surface area (Å²) in [6.07, 6.45) is 5.24. The summed E-state index contributed by atoms with van der Waals surface area (Å²) in [6.45, 7) is 8.87. The van der Waals surface area contributed by atoms with E-state index in [0.717, 1.165) is 19.6 Å². The molecule has 0 aliphatic carbocycles. The smallest absolute Gasteiger partial charge is 0.0486 e. The van der Waals surface area contributed by atoms with Crippen molar-refractivity contribution in [1.82, 2.24) is 9.88 Å². The van der Waals surface area contributed by atoms with Gasteiger partial charge in [0.2, 0.25) is 0 Å². The van der Waals surface area contributed by atoms with Gasteiger partial charge in [-0.1, -0.05) is 25.1 Å². The number of nitrogens with zero attached hydrogens (tertiary/aromatic N) is 1. The van der Waals surface area contributed by atoms with Gasteiger partial charge < -0.3 is 9.88 Å². The Morgan fingerprint density at radius 1 is 1.35 bits per heavy atom. The highest BCUT2D eigenvalue weighted by Crippen LogP contribution is 2.20. The number of nitrogens with one attached hydrogen (secondary N) is 1. The number of allylic oxidation sites excluding steroid dienone is 1. The summed E-state index contributed by atoms with van der Waals surface area (Å²) >= 11 is 0. The molecule has 0 saturated heterocycles. The number of fused-ring (bicyclic) bond motifs is 1. The molecular weight excluding hydrogens is 208 g/mol. The molecule has 1 aromatic carbocycles. The van der Waals surface area contributed by atoms with Gasteiger partial charge in [-0.15, -0.1) is 6.58 Å². The quantitative estimate of drug-likeness (QED) is 0.593. The molecule has 0 unspecified atom stereocenters. The lowest BCUT2D eigenvalue weighted by Gasteiger charge is -2.06. The Morgan fingerprint density at radius 2 is 2.24 bits per heavy atom. The molecular formula is C15H20N2. The van der Waals surface area contributed by atoms with Crippen LogP contribution in [0.3, 0.4) is 0 Å². The third-order valence-electron chi connectivity index (χ3n) is 2.97. The molecule has 0 aliphatic heterocycles. The van der Waals surface area contributed by atoms with Crippen molar-refractivity contribution in [2.45, 2.75) is 26.4 Å². The maximum atomic E-state index is 3.79. The molecule has 0 fully saturated rings. The molecule has 1 heterocycles. The molecule has 0 bridgehead atoms. The van der Waals surface area contributed by atoms with Crippen molar-refractivity contribution in [3.05, 3.63) is 48.7 Å². The van der Waals surface area contributed by atoms with E-state index in [2.05, 4.69) is 53.8 Å². The number of hydrogen-bond donors (Lipinski definition) is 1. The van der Waals surface area contributed by atoms with Crippen LogP contribution in [0.25, 0.3) is 10.9 Å². The molecule has 0 aliphatic rings. The first-order valence-electron chi connectivity index (χ1n) is 6.25. The molecule has 2 aromatic rings. The first-order valence-corrected chi connectivity index (χ1v) is 6.25. The van der Waals surface area contributed by atoms with E-state index in [4.69, 9.17) is 0 Å². The highest BCUT2D eigenvalue weighted by molar-refractivity contribution is 5.83. The average molecular weight is 228 g/mol. The van der Waals surface area contributed by atoms with Crippen LogP contribution in [-0.2, 0) is 13.1 Å². The van der Waals surface area contributed by atoms with Crippen molar-refractivity contribution >= 4 is 10.9 Å². The second kappa shape index (κ2) is 5.69. The summed E-state index contributed by atoms with van der Waals surface area (Å²) in [6, 6.07) is 8.69. The lowest BCUT2D eigenvalue weighted by molar-refractivity contribution is 0.678. The van der Waals surface area contributed by atoms with Gasteiger partial charge in [-0.05, 0) is 30.7 Å². The fourth-order valence-electron chi connectivity index (χ4n) is 2.14. The van der Waals surface area contributed by atoms with Crippen LogP contribution in [-0.4, -0.2) is 11.1 Å². The molecule has 0 amide bonds. The summed E-state index contributed by atoms with van der Waals surface area (Å²) in [7, 11) is 0. The zero-order valence-electron chi connectivity index (χ0n) is 10.4. The highest BCUT2D eigenvalue weighted by atomic mass is 14.9. The van der Waals surface area contributed by atoms with Crippen molar-refractivity contribution < 1.29 is 0 Å². The molecule has 90 valence electrons. The third-order valence-corrected chi connectivity index (χ3v) is 2.97. The Hall–Kier alpha value is -1.54.